The van der Waals surface area contributed by atoms with E-state index in [4.69, 9.17) is 0 Å². The SMILES string of the molecule is CCC(C)[C@H](NC(=O)C1CCC(Cn2cnc3ccccc3c2=O)CC1)C(=O)O. The topological polar surface area (TPSA) is 101 Å². The molecule has 0 radical (unpaired) electrons. The fourth-order valence-corrected chi connectivity index (χ4v) is 4.08. The van der Waals surface area contributed by atoms with E-state index in [1.165, 1.54) is 0 Å². The highest BCUT2D eigenvalue weighted by Gasteiger charge is 2.31. The Hall–Kier alpha value is -2.70. The van der Waals surface area contributed by atoms with Crippen molar-refractivity contribution in [2.45, 2.75) is 58.5 Å². The third-order valence-electron chi connectivity index (χ3n) is 6.18. The predicted molar refractivity (Wildman–Crippen MR) is 110 cm³/mol. The van der Waals surface area contributed by atoms with Crippen molar-refractivity contribution < 1.29 is 14.7 Å². The highest BCUT2D eigenvalue weighted by Crippen LogP contribution is 2.30. The molecule has 1 heterocycles. The van der Waals surface area contributed by atoms with Gasteiger partial charge in [-0.3, -0.25) is 14.2 Å². The number of benzene rings is 1. The monoisotopic (exact) mass is 399 g/mol. The van der Waals surface area contributed by atoms with E-state index in [1.807, 2.05) is 32.0 Å². The summed E-state index contributed by atoms with van der Waals surface area (Å²) < 4.78 is 1.66. The Morgan fingerprint density at radius 2 is 1.93 bits per heavy atom. The number of hydrogen-bond acceptors (Lipinski definition) is 4. The van der Waals surface area contributed by atoms with Crippen LogP contribution in [0.5, 0.6) is 0 Å². The Kier molecular flexibility index (Phi) is 6.67. The van der Waals surface area contributed by atoms with Gasteiger partial charge in [-0.05, 0) is 49.7 Å². The standard InChI is InChI=1S/C22H29N3O4/c1-3-14(2)19(22(28)29)24-20(26)16-10-8-15(9-11-16)12-25-13-23-18-7-5-4-6-17(18)21(25)27/h4-7,13-16,19H,3,8-12H2,1-2H3,(H,24,26)(H,28,29)/t14?,15?,16?,19-/m0/s1. The van der Waals surface area contributed by atoms with Crippen molar-refractivity contribution in [2.75, 3.05) is 0 Å². The molecule has 2 N–H and O–H groups in total. The number of amides is 1. The molecule has 0 spiro atoms. The molecule has 7 heteroatoms. The van der Waals surface area contributed by atoms with E-state index in [2.05, 4.69) is 10.3 Å². The molecule has 1 unspecified atom stereocenters. The Morgan fingerprint density at radius 1 is 1.24 bits per heavy atom. The van der Waals surface area contributed by atoms with Crippen LogP contribution in [0.2, 0.25) is 0 Å². The number of hydrogen-bond donors (Lipinski definition) is 2. The average molecular weight is 399 g/mol. The van der Waals surface area contributed by atoms with Crippen molar-refractivity contribution in [2.24, 2.45) is 17.8 Å². The van der Waals surface area contributed by atoms with Gasteiger partial charge in [-0.1, -0.05) is 32.4 Å². The molecule has 3 rings (SSSR count). The first-order valence-corrected chi connectivity index (χ1v) is 10.4. The summed E-state index contributed by atoms with van der Waals surface area (Å²) in [4.78, 5) is 41.0. The van der Waals surface area contributed by atoms with Crippen molar-refractivity contribution >= 4 is 22.8 Å². The predicted octanol–water partition coefficient (Wildman–Crippen LogP) is 2.82. The Labute approximate surface area is 170 Å². The van der Waals surface area contributed by atoms with Crippen LogP contribution < -0.4 is 10.9 Å². The van der Waals surface area contributed by atoms with Gasteiger partial charge in [-0.15, -0.1) is 0 Å². The van der Waals surface area contributed by atoms with Crippen LogP contribution in [0.4, 0.5) is 0 Å². The van der Waals surface area contributed by atoms with Gasteiger partial charge in [-0.2, -0.15) is 0 Å². The Bertz CT molecular complexity index is 931. The summed E-state index contributed by atoms with van der Waals surface area (Å²) in [6.07, 6.45) is 5.38. The number of carbonyl (C=O) groups excluding carboxylic acids is 1. The lowest BCUT2D eigenvalue weighted by Crippen LogP contribution is -2.47. The van der Waals surface area contributed by atoms with Crippen LogP contribution in [0, 0.1) is 17.8 Å². The second-order valence-corrected chi connectivity index (χ2v) is 8.15. The molecule has 1 aromatic carbocycles. The normalized spacial score (nSPS) is 21.4. The van der Waals surface area contributed by atoms with Gasteiger partial charge in [0.15, 0.2) is 0 Å². The first kappa shape index (κ1) is 21.0. The van der Waals surface area contributed by atoms with E-state index >= 15 is 0 Å². The number of para-hydroxylation sites is 1. The molecule has 0 aliphatic heterocycles. The van der Waals surface area contributed by atoms with Crippen molar-refractivity contribution in [1.82, 2.24) is 14.9 Å². The van der Waals surface area contributed by atoms with Crippen LogP contribution in [0.3, 0.4) is 0 Å². The van der Waals surface area contributed by atoms with Gasteiger partial charge in [0.25, 0.3) is 5.56 Å². The zero-order chi connectivity index (χ0) is 21.0. The number of carbonyl (C=O) groups is 2. The third kappa shape index (κ3) is 4.83. The van der Waals surface area contributed by atoms with Gasteiger partial charge in [-0.25, -0.2) is 9.78 Å². The summed E-state index contributed by atoms with van der Waals surface area (Å²) in [6, 6.07) is 6.48. The minimum Gasteiger partial charge on any atom is -0.480 e. The lowest BCUT2D eigenvalue weighted by molar-refractivity contribution is -0.144. The van der Waals surface area contributed by atoms with Crippen LogP contribution in [0.15, 0.2) is 35.4 Å². The van der Waals surface area contributed by atoms with Crippen LogP contribution >= 0.6 is 0 Å². The van der Waals surface area contributed by atoms with Crippen molar-refractivity contribution in [3.8, 4) is 0 Å². The van der Waals surface area contributed by atoms with Gasteiger partial charge >= 0.3 is 5.97 Å². The summed E-state index contributed by atoms with van der Waals surface area (Å²) in [5, 5.41) is 12.7. The lowest BCUT2D eigenvalue weighted by atomic mass is 9.81. The first-order chi connectivity index (χ1) is 13.9. The molecule has 1 aliphatic carbocycles. The van der Waals surface area contributed by atoms with Gasteiger partial charge in [0.1, 0.15) is 6.04 Å². The maximum absolute atomic E-state index is 12.7. The molecule has 1 aromatic heterocycles. The number of fused-ring (bicyclic) bond motifs is 1. The number of carboxylic acids is 1. The molecule has 156 valence electrons. The summed E-state index contributed by atoms with van der Waals surface area (Å²) in [6.45, 7) is 4.35. The van der Waals surface area contributed by atoms with Crippen molar-refractivity contribution in [3.05, 3.63) is 40.9 Å². The van der Waals surface area contributed by atoms with Crippen LogP contribution in [-0.2, 0) is 16.1 Å². The minimum atomic E-state index is -0.982. The van der Waals surface area contributed by atoms with Crippen molar-refractivity contribution in [3.63, 3.8) is 0 Å². The molecule has 1 amide bonds. The van der Waals surface area contributed by atoms with E-state index in [-0.39, 0.29) is 23.3 Å². The summed E-state index contributed by atoms with van der Waals surface area (Å²) in [7, 11) is 0. The highest BCUT2D eigenvalue weighted by molar-refractivity contribution is 5.85. The first-order valence-electron chi connectivity index (χ1n) is 10.4. The molecule has 1 saturated carbocycles. The van der Waals surface area contributed by atoms with Gasteiger partial charge in [0.05, 0.1) is 17.2 Å². The average Bonchev–Trinajstić information content (AvgIpc) is 2.73. The molecule has 1 aliphatic rings. The van der Waals surface area contributed by atoms with E-state index < -0.39 is 12.0 Å². The summed E-state index contributed by atoms with van der Waals surface area (Å²) >= 11 is 0. The molecule has 29 heavy (non-hydrogen) atoms. The Balaban J connectivity index is 1.58. The van der Waals surface area contributed by atoms with Gasteiger partial charge < -0.3 is 10.4 Å². The number of aliphatic carboxylic acids is 1. The maximum Gasteiger partial charge on any atom is 0.326 e. The molecule has 0 saturated heterocycles. The third-order valence-corrected chi connectivity index (χ3v) is 6.18. The zero-order valence-electron chi connectivity index (χ0n) is 17.0. The number of carboxylic acid groups (broad SMARTS) is 1. The molecule has 2 atom stereocenters. The zero-order valence-corrected chi connectivity index (χ0v) is 17.0. The summed E-state index contributed by atoms with van der Waals surface area (Å²) in [5.74, 6) is -1.11. The number of rotatable bonds is 7. The molecular formula is C22H29N3O4. The lowest BCUT2D eigenvalue weighted by Gasteiger charge is -2.29. The fraction of sp³-hybridized carbons (Fsp3) is 0.545. The van der Waals surface area contributed by atoms with Crippen molar-refractivity contribution in [1.29, 1.82) is 0 Å². The van der Waals surface area contributed by atoms with E-state index in [1.54, 1.807) is 17.0 Å². The second-order valence-electron chi connectivity index (χ2n) is 8.15. The van der Waals surface area contributed by atoms with E-state index in [0.717, 1.165) is 12.8 Å². The highest BCUT2D eigenvalue weighted by atomic mass is 16.4. The van der Waals surface area contributed by atoms with Crippen LogP contribution in [0.1, 0.15) is 46.0 Å². The second kappa shape index (κ2) is 9.20. The number of nitrogens with zero attached hydrogens (tertiary/aromatic N) is 2. The fourth-order valence-electron chi connectivity index (χ4n) is 4.08. The van der Waals surface area contributed by atoms with Gasteiger partial charge in [0, 0.05) is 12.5 Å². The number of nitrogens with one attached hydrogen (secondary N) is 1. The van der Waals surface area contributed by atoms with Crippen LogP contribution in [0.25, 0.3) is 10.9 Å². The smallest absolute Gasteiger partial charge is 0.326 e. The maximum atomic E-state index is 12.7. The minimum absolute atomic E-state index is 0.0340. The Morgan fingerprint density at radius 3 is 2.59 bits per heavy atom. The number of aromatic nitrogens is 2. The largest absolute Gasteiger partial charge is 0.480 e. The molecule has 2 aromatic rings. The summed E-state index contributed by atoms with van der Waals surface area (Å²) in [5.41, 5.74) is 0.664. The molecule has 1 fully saturated rings. The molecule has 7 nitrogen and oxygen atoms in total. The van der Waals surface area contributed by atoms with E-state index in [9.17, 15) is 19.5 Å². The molecular weight excluding hydrogens is 370 g/mol. The van der Waals surface area contributed by atoms with E-state index in [0.29, 0.717) is 42.6 Å². The van der Waals surface area contributed by atoms with Crippen LogP contribution in [-0.4, -0.2) is 32.6 Å². The van der Waals surface area contributed by atoms with Gasteiger partial charge in [0.2, 0.25) is 5.91 Å². The quantitative estimate of drug-likeness (QED) is 0.745. The molecule has 0 bridgehead atoms.